The van der Waals surface area contributed by atoms with E-state index in [0.29, 0.717) is 21.8 Å². The summed E-state index contributed by atoms with van der Waals surface area (Å²) in [5, 5.41) is 19.6. The number of ether oxygens (including phenoxy) is 1. The molecule has 0 saturated heterocycles. The molecule has 3 N–H and O–H groups in total. The molecule has 3 aromatic rings. The summed E-state index contributed by atoms with van der Waals surface area (Å²) >= 11 is 0.575. The zero-order valence-electron chi connectivity index (χ0n) is 17.8. The van der Waals surface area contributed by atoms with E-state index in [4.69, 9.17) is 9.29 Å². The van der Waals surface area contributed by atoms with E-state index >= 15 is 4.39 Å². The summed E-state index contributed by atoms with van der Waals surface area (Å²) in [6, 6.07) is 9.74. The van der Waals surface area contributed by atoms with Crippen LogP contribution in [0.3, 0.4) is 0 Å². The standard InChI is InChI=1S/C21H19FN2O7S2Se/c1-31-13-4-6-17-15(10-13)24(11-18(26)27)21(34-17)19(22)20-23(7-2-8-33(28,29)30)14-9-12(25)3-5-16(14)32-20/h3-6,9-10H,2,7-8,11H2,1H3,(H2-,25,26,27,28,29,30)/p+1. The normalized spacial score (nSPS) is 15.0. The van der Waals surface area contributed by atoms with E-state index in [0.717, 1.165) is 16.0 Å². The number of anilines is 1. The molecule has 2 aromatic carbocycles. The number of benzene rings is 2. The number of hydrogen-bond donors (Lipinski definition) is 3. The van der Waals surface area contributed by atoms with Gasteiger partial charge in [-0.1, -0.05) is 0 Å². The third-order valence-corrected chi connectivity index (χ3v) is 9.44. The van der Waals surface area contributed by atoms with Crippen LogP contribution in [0.5, 0.6) is 11.5 Å². The van der Waals surface area contributed by atoms with Crippen molar-refractivity contribution in [1.82, 2.24) is 0 Å². The van der Waals surface area contributed by atoms with Crippen molar-refractivity contribution in [2.45, 2.75) is 17.9 Å². The van der Waals surface area contributed by atoms with Gasteiger partial charge in [0.15, 0.2) is 0 Å². The minimum absolute atomic E-state index is 0.0159. The fourth-order valence-electron chi connectivity index (χ4n) is 3.60. The van der Waals surface area contributed by atoms with Gasteiger partial charge in [0.25, 0.3) is 0 Å². The van der Waals surface area contributed by atoms with Crippen LogP contribution in [0.4, 0.5) is 10.1 Å². The van der Waals surface area contributed by atoms with Crippen molar-refractivity contribution in [1.29, 1.82) is 0 Å². The Morgan fingerprint density at radius 3 is 2.71 bits per heavy atom. The Morgan fingerprint density at radius 2 is 2.03 bits per heavy atom. The molecule has 0 saturated carbocycles. The first kappa shape index (κ1) is 24.6. The van der Waals surface area contributed by atoms with Gasteiger partial charge < -0.3 is 0 Å². The second kappa shape index (κ2) is 9.59. The number of methoxy groups -OCH3 is 1. The van der Waals surface area contributed by atoms with Crippen molar-refractivity contribution in [2.24, 2.45) is 0 Å². The molecule has 1 aliphatic heterocycles. The van der Waals surface area contributed by atoms with Crippen LogP contribution < -0.4 is 14.2 Å². The number of aromatic hydroxyl groups is 1. The Kier molecular flexibility index (Phi) is 6.92. The number of carbonyl (C=O) groups is 1. The average Bonchev–Trinajstić information content (AvgIpc) is 3.30. The summed E-state index contributed by atoms with van der Waals surface area (Å²) in [7, 11) is -2.71. The number of rotatable bonds is 8. The maximum atomic E-state index is 16.1. The molecule has 0 radical (unpaired) electrons. The first-order valence-corrected chi connectivity index (χ1v) is 14.1. The topological polar surface area (TPSA) is 128 Å². The van der Waals surface area contributed by atoms with Crippen molar-refractivity contribution in [3.8, 4) is 11.5 Å². The number of aliphatic carboxylic acids is 1. The summed E-state index contributed by atoms with van der Waals surface area (Å²) in [5.41, 5.74) is 1.06. The summed E-state index contributed by atoms with van der Waals surface area (Å²) in [6.07, 6.45) is 0.0159. The predicted octanol–water partition coefficient (Wildman–Crippen LogP) is 2.47. The number of nitrogens with zero attached hydrogens (tertiary/aromatic N) is 2. The van der Waals surface area contributed by atoms with Crippen LogP contribution in [0.25, 0.3) is 15.6 Å². The molecule has 0 fully saturated rings. The quantitative estimate of drug-likeness (QED) is 0.211. The van der Waals surface area contributed by atoms with Gasteiger partial charge in [-0.3, -0.25) is 0 Å². The van der Waals surface area contributed by atoms with Crippen LogP contribution in [-0.2, 0) is 21.5 Å². The molecule has 9 nitrogen and oxygen atoms in total. The van der Waals surface area contributed by atoms with Crippen molar-refractivity contribution in [3.63, 3.8) is 0 Å². The Hall–Kier alpha value is -2.57. The van der Waals surface area contributed by atoms with Crippen LogP contribution in [0.2, 0.25) is 0 Å². The second-order valence-corrected chi connectivity index (χ2v) is 12.2. The monoisotopic (exact) mass is 575 g/mol. The van der Waals surface area contributed by atoms with E-state index in [2.05, 4.69) is 0 Å². The van der Waals surface area contributed by atoms with Gasteiger partial charge in [-0.15, -0.1) is 0 Å². The molecule has 13 heteroatoms. The van der Waals surface area contributed by atoms with E-state index in [1.54, 1.807) is 29.2 Å². The minimum atomic E-state index is -4.20. The molecule has 0 amide bonds. The van der Waals surface area contributed by atoms with E-state index in [-0.39, 0.29) is 28.3 Å². The third-order valence-electron chi connectivity index (χ3n) is 5.05. The van der Waals surface area contributed by atoms with E-state index < -0.39 is 48.7 Å². The molecule has 4 rings (SSSR count). The third kappa shape index (κ3) is 5.08. The molecule has 0 atom stereocenters. The molecule has 1 aliphatic rings. The van der Waals surface area contributed by atoms with Crippen LogP contribution in [-0.4, -0.2) is 63.1 Å². The molecule has 2 heterocycles. The molecular weight excluding hydrogens is 554 g/mol. The molecule has 180 valence electrons. The van der Waals surface area contributed by atoms with Crippen molar-refractivity contribution in [3.05, 3.63) is 46.0 Å². The van der Waals surface area contributed by atoms with E-state index in [9.17, 15) is 23.4 Å². The van der Waals surface area contributed by atoms with E-state index in [1.165, 1.54) is 23.8 Å². The number of carboxylic acid groups (broad SMARTS) is 1. The summed E-state index contributed by atoms with van der Waals surface area (Å²) < 4.78 is 55.3. The van der Waals surface area contributed by atoms with Gasteiger partial charge in [0.1, 0.15) is 0 Å². The van der Waals surface area contributed by atoms with Crippen LogP contribution in [0.15, 0.2) is 46.3 Å². The van der Waals surface area contributed by atoms with Crippen molar-refractivity contribution >= 4 is 63.6 Å². The number of halogens is 1. The maximum absolute atomic E-state index is 16.1. The molecule has 0 spiro atoms. The number of thioether (sulfide) groups is 1. The summed E-state index contributed by atoms with van der Waals surface area (Å²) in [6.45, 7) is -0.384. The van der Waals surface area contributed by atoms with E-state index in [1.807, 2.05) is 0 Å². The molecular formula is C21H20FN2O7S2Se+. The SMILES string of the molecule is COc1ccc2[se]c(C(F)=C3Sc4ccc(O)cc4N3CCCS(=O)(=O)O)[n+](CC(=O)O)c2c1. The Morgan fingerprint density at radius 1 is 1.26 bits per heavy atom. The number of fused-ring (bicyclic) bond motifs is 2. The molecule has 0 unspecified atom stereocenters. The van der Waals surface area contributed by atoms with Crippen LogP contribution in [0.1, 0.15) is 11.0 Å². The van der Waals surface area contributed by atoms with Crippen molar-refractivity contribution in [2.75, 3.05) is 24.3 Å². The van der Waals surface area contributed by atoms with Gasteiger partial charge >= 0.3 is 205 Å². The van der Waals surface area contributed by atoms with Crippen LogP contribution in [0, 0.1) is 0 Å². The number of hydrogen-bond acceptors (Lipinski definition) is 7. The van der Waals surface area contributed by atoms with Crippen molar-refractivity contribution < 1.29 is 41.7 Å². The predicted molar refractivity (Wildman–Crippen MR) is 126 cm³/mol. The average molecular weight is 574 g/mol. The number of phenols is 1. The first-order chi connectivity index (χ1) is 16.1. The Balaban J connectivity index is 1.84. The van der Waals surface area contributed by atoms with Gasteiger partial charge in [0, 0.05) is 0 Å². The Labute approximate surface area is 204 Å². The summed E-state index contributed by atoms with van der Waals surface area (Å²) in [5.74, 6) is -1.77. The van der Waals surface area contributed by atoms with Gasteiger partial charge in [-0.2, -0.15) is 0 Å². The van der Waals surface area contributed by atoms with Crippen LogP contribution >= 0.6 is 11.8 Å². The number of carboxylic acids is 1. The molecule has 34 heavy (non-hydrogen) atoms. The zero-order valence-corrected chi connectivity index (χ0v) is 21.1. The van der Waals surface area contributed by atoms with Gasteiger partial charge in [0.05, 0.1) is 0 Å². The molecule has 0 aliphatic carbocycles. The van der Waals surface area contributed by atoms with Gasteiger partial charge in [0.2, 0.25) is 0 Å². The zero-order chi connectivity index (χ0) is 24.6. The molecule has 0 bridgehead atoms. The van der Waals surface area contributed by atoms with Gasteiger partial charge in [-0.05, 0) is 0 Å². The second-order valence-electron chi connectivity index (χ2n) is 7.39. The number of aromatic nitrogens is 1. The molecule has 1 aromatic heterocycles. The first-order valence-electron chi connectivity index (χ1n) is 9.93. The fraction of sp³-hybridized carbons (Fsp3) is 0.238. The van der Waals surface area contributed by atoms with Gasteiger partial charge in [-0.25, -0.2) is 0 Å². The number of phenolic OH excluding ortho intramolecular Hbond substituents is 1. The Bertz CT molecular complexity index is 1420. The summed E-state index contributed by atoms with van der Waals surface area (Å²) in [4.78, 5) is 13.8. The fourth-order valence-corrected chi connectivity index (χ4v) is 7.60.